The average molecular weight is 359 g/mol. The van der Waals surface area contributed by atoms with Crippen LogP contribution in [0.4, 0.5) is 18.9 Å². The molecular formula is C15H12F3NO4S. The number of rotatable bonds is 5. The zero-order chi connectivity index (χ0) is 18.0. The normalized spacial score (nSPS) is 11.8. The van der Waals surface area contributed by atoms with Crippen molar-refractivity contribution < 1.29 is 31.1 Å². The van der Waals surface area contributed by atoms with Gasteiger partial charge in [0.2, 0.25) is 0 Å². The Bertz CT molecular complexity index is 849. The molecule has 0 fully saturated rings. The summed E-state index contributed by atoms with van der Waals surface area (Å²) < 4.78 is 66.1. The Hall–Kier alpha value is -2.55. The molecule has 0 aliphatic rings. The summed E-state index contributed by atoms with van der Waals surface area (Å²) in [7, 11) is -4.29. The minimum Gasteiger partial charge on any atom is -0.496 e. The van der Waals surface area contributed by atoms with Crippen LogP contribution in [0.5, 0.6) is 5.75 Å². The van der Waals surface area contributed by atoms with E-state index in [1.54, 1.807) is 18.2 Å². The number of anilines is 1. The Labute approximate surface area is 136 Å². The van der Waals surface area contributed by atoms with Gasteiger partial charge in [0.05, 0.1) is 12.7 Å². The lowest BCUT2D eigenvalue weighted by Crippen LogP contribution is -2.30. The van der Waals surface area contributed by atoms with Crippen LogP contribution in [-0.2, 0) is 10.0 Å². The molecule has 0 bridgehead atoms. The number of nitrogens with one attached hydrogen (secondary N) is 1. The molecule has 0 amide bonds. The van der Waals surface area contributed by atoms with Crippen molar-refractivity contribution in [2.75, 3.05) is 11.8 Å². The second-order valence-corrected chi connectivity index (χ2v) is 6.34. The Morgan fingerprint density at radius 2 is 1.71 bits per heavy atom. The third-order valence-corrected chi connectivity index (χ3v) is 4.15. The van der Waals surface area contributed by atoms with E-state index in [0.29, 0.717) is 0 Å². The molecule has 9 heteroatoms. The number of carbonyl (C=O) groups excluding carboxylic acids is 1. The second kappa shape index (κ2) is 6.52. The van der Waals surface area contributed by atoms with E-state index in [-0.39, 0.29) is 16.9 Å². The van der Waals surface area contributed by atoms with Crippen molar-refractivity contribution in [2.45, 2.75) is 5.51 Å². The second-order valence-electron chi connectivity index (χ2n) is 4.66. The zero-order valence-electron chi connectivity index (χ0n) is 12.3. The van der Waals surface area contributed by atoms with E-state index in [9.17, 15) is 26.4 Å². The van der Waals surface area contributed by atoms with Crippen LogP contribution in [0.25, 0.3) is 0 Å². The number of ketones is 1. The van der Waals surface area contributed by atoms with E-state index in [0.717, 1.165) is 12.1 Å². The third-order valence-electron chi connectivity index (χ3n) is 3.04. The summed E-state index contributed by atoms with van der Waals surface area (Å²) in [6.07, 6.45) is 0. The van der Waals surface area contributed by atoms with E-state index in [2.05, 4.69) is 0 Å². The first kappa shape index (κ1) is 17.8. The summed E-state index contributed by atoms with van der Waals surface area (Å²) in [5, 5.41) is 0. The van der Waals surface area contributed by atoms with Gasteiger partial charge in [-0.2, -0.15) is 21.6 Å². The molecule has 0 saturated carbocycles. The number of alkyl halides is 3. The van der Waals surface area contributed by atoms with Gasteiger partial charge in [-0.1, -0.05) is 30.3 Å². The van der Waals surface area contributed by atoms with Crippen LogP contribution < -0.4 is 9.46 Å². The largest absolute Gasteiger partial charge is 0.516 e. The molecule has 1 N–H and O–H groups in total. The van der Waals surface area contributed by atoms with Crippen LogP contribution in [0.3, 0.4) is 0 Å². The summed E-state index contributed by atoms with van der Waals surface area (Å²) in [5.41, 5.74) is -5.64. The fraction of sp³-hybridized carbons (Fsp3) is 0.133. The number of carbonyl (C=O) groups is 1. The zero-order valence-corrected chi connectivity index (χ0v) is 13.1. The highest BCUT2D eigenvalue weighted by Gasteiger charge is 2.46. The molecule has 5 nitrogen and oxygen atoms in total. The van der Waals surface area contributed by atoms with E-state index in [1.165, 1.54) is 30.0 Å². The molecule has 128 valence electrons. The molecule has 0 aliphatic carbocycles. The van der Waals surface area contributed by atoms with Gasteiger partial charge in [-0.05, 0) is 18.2 Å². The van der Waals surface area contributed by atoms with Crippen LogP contribution in [-0.4, -0.2) is 26.8 Å². The van der Waals surface area contributed by atoms with Crippen LogP contribution in [0, 0.1) is 0 Å². The van der Waals surface area contributed by atoms with Crippen LogP contribution >= 0.6 is 0 Å². The maximum atomic E-state index is 12.5. The average Bonchev–Trinajstić information content (AvgIpc) is 2.53. The summed E-state index contributed by atoms with van der Waals surface area (Å²) in [6, 6.07) is 11.3. The highest BCUT2D eigenvalue weighted by atomic mass is 32.2. The van der Waals surface area contributed by atoms with Gasteiger partial charge in [-0.25, -0.2) is 0 Å². The number of sulfonamides is 1. The van der Waals surface area contributed by atoms with E-state index in [4.69, 9.17) is 4.74 Å². The minimum absolute atomic E-state index is 0.0638. The lowest BCUT2D eigenvalue weighted by Gasteiger charge is -2.13. The fourth-order valence-electron chi connectivity index (χ4n) is 1.91. The van der Waals surface area contributed by atoms with Crippen molar-refractivity contribution in [3.8, 4) is 5.75 Å². The number of hydrogen-bond acceptors (Lipinski definition) is 4. The number of ether oxygens (including phenoxy) is 1. The van der Waals surface area contributed by atoms with Gasteiger partial charge < -0.3 is 4.74 Å². The molecule has 0 heterocycles. The molecule has 0 saturated heterocycles. The summed E-state index contributed by atoms with van der Waals surface area (Å²) in [5.74, 6) is -0.403. The Kier molecular flexibility index (Phi) is 4.83. The van der Waals surface area contributed by atoms with Gasteiger partial charge in [0.1, 0.15) is 5.75 Å². The SMILES string of the molecule is COc1ccc(NS(=O)(=O)C(F)(F)F)cc1C(=O)c1ccccc1. The number of hydrogen-bond donors (Lipinski definition) is 1. The van der Waals surface area contributed by atoms with Crippen molar-refractivity contribution in [3.05, 3.63) is 59.7 Å². The summed E-state index contributed by atoms with van der Waals surface area (Å²) in [4.78, 5) is 12.5. The smallest absolute Gasteiger partial charge is 0.496 e. The maximum Gasteiger partial charge on any atom is 0.516 e. The molecule has 2 aromatic rings. The predicted octanol–water partition coefficient (Wildman–Crippen LogP) is 3.19. The molecule has 0 aliphatic heterocycles. The van der Waals surface area contributed by atoms with E-state index in [1.807, 2.05) is 0 Å². The van der Waals surface area contributed by atoms with E-state index >= 15 is 0 Å². The molecule has 0 radical (unpaired) electrons. The molecule has 0 unspecified atom stereocenters. The topological polar surface area (TPSA) is 72.5 Å². The molecular weight excluding hydrogens is 347 g/mol. The molecule has 0 atom stereocenters. The number of benzene rings is 2. The van der Waals surface area contributed by atoms with Gasteiger partial charge in [0.25, 0.3) is 0 Å². The Morgan fingerprint density at radius 1 is 1.08 bits per heavy atom. The summed E-state index contributed by atoms with van der Waals surface area (Å²) in [6.45, 7) is 0. The molecule has 24 heavy (non-hydrogen) atoms. The first-order valence-electron chi connectivity index (χ1n) is 6.52. The molecule has 2 aromatic carbocycles. The van der Waals surface area contributed by atoms with Gasteiger partial charge in [0.15, 0.2) is 5.78 Å². The number of methoxy groups -OCH3 is 1. The van der Waals surface area contributed by atoms with Gasteiger partial charge >= 0.3 is 15.5 Å². The van der Waals surface area contributed by atoms with E-state index < -0.39 is 27.0 Å². The lowest BCUT2D eigenvalue weighted by atomic mass is 10.0. The standard InChI is InChI=1S/C15H12F3NO4S/c1-23-13-8-7-11(19-24(21,22)15(16,17)18)9-12(13)14(20)10-5-3-2-4-6-10/h2-9,19H,1H3. The number of halogens is 3. The van der Waals surface area contributed by atoms with Crippen molar-refractivity contribution in [2.24, 2.45) is 0 Å². The third kappa shape index (κ3) is 3.67. The molecule has 0 spiro atoms. The first-order valence-corrected chi connectivity index (χ1v) is 8.01. The monoisotopic (exact) mass is 359 g/mol. The van der Waals surface area contributed by atoms with Crippen molar-refractivity contribution in [3.63, 3.8) is 0 Å². The predicted molar refractivity (Wildman–Crippen MR) is 81.5 cm³/mol. The van der Waals surface area contributed by atoms with Crippen molar-refractivity contribution >= 4 is 21.5 Å². The quantitative estimate of drug-likeness (QED) is 0.832. The van der Waals surface area contributed by atoms with Gasteiger partial charge in [0, 0.05) is 11.3 Å². The van der Waals surface area contributed by atoms with Gasteiger partial charge in [-0.3, -0.25) is 9.52 Å². The Morgan fingerprint density at radius 3 is 2.25 bits per heavy atom. The maximum absolute atomic E-state index is 12.5. The van der Waals surface area contributed by atoms with Gasteiger partial charge in [-0.15, -0.1) is 0 Å². The highest BCUT2D eigenvalue weighted by molar-refractivity contribution is 7.93. The summed E-state index contributed by atoms with van der Waals surface area (Å²) >= 11 is 0. The Balaban J connectivity index is 2.44. The first-order chi connectivity index (χ1) is 11.2. The van der Waals surface area contributed by atoms with Crippen LogP contribution in [0.1, 0.15) is 15.9 Å². The fourth-order valence-corrected chi connectivity index (χ4v) is 2.46. The van der Waals surface area contributed by atoms with Crippen molar-refractivity contribution in [1.82, 2.24) is 0 Å². The minimum atomic E-state index is -5.58. The van der Waals surface area contributed by atoms with Crippen LogP contribution in [0.2, 0.25) is 0 Å². The molecule has 0 aromatic heterocycles. The highest BCUT2D eigenvalue weighted by Crippen LogP contribution is 2.29. The molecule has 2 rings (SSSR count). The van der Waals surface area contributed by atoms with Crippen molar-refractivity contribution in [1.29, 1.82) is 0 Å². The van der Waals surface area contributed by atoms with Crippen LogP contribution in [0.15, 0.2) is 48.5 Å². The lowest BCUT2D eigenvalue weighted by molar-refractivity contribution is -0.0429.